The molecule has 0 atom stereocenters. The van der Waals surface area contributed by atoms with Crippen LogP contribution in [0.3, 0.4) is 0 Å². The highest BCUT2D eigenvalue weighted by atomic mass is 19.3. The number of rotatable bonds is 8. The second-order valence-electron chi connectivity index (χ2n) is 6.58. The van der Waals surface area contributed by atoms with Crippen LogP contribution in [-0.4, -0.2) is 43.0 Å². The average molecular weight is 389 g/mol. The van der Waals surface area contributed by atoms with E-state index in [-0.39, 0.29) is 30.2 Å². The number of carbonyl (C=O) groups is 2. The number of halogens is 2. The van der Waals surface area contributed by atoms with Gasteiger partial charge < -0.3 is 20.3 Å². The SMILES string of the molecule is CN(CC(=O)NC1CC1)C(=O)c1ccccc1Nc1ccc(OC(F)F)cc1. The highest BCUT2D eigenvalue weighted by Crippen LogP contribution is 2.24. The van der Waals surface area contributed by atoms with E-state index in [1.165, 1.54) is 17.0 Å². The van der Waals surface area contributed by atoms with E-state index in [0.717, 1.165) is 12.8 Å². The Balaban J connectivity index is 1.67. The molecular weight excluding hydrogens is 368 g/mol. The number of benzene rings is 2. The lowest BCUT2D eigenvalue weighted by Gasteiger charge is -2.19. The van der Waals surface area contributed by atoms with E-state index in [1.54, 1.807) is 43.4 Å². The van der Waals surface area contributed by atoms with Crippen molar-refractivity contribution in [3.8, 4) is 5.75 Å². The van der Waals surface area contributed by atoms with Crippen LogP contribution in [0.1, 0.15) is 23.2 Å². The number of alkyl halides is 2. The zero-order valence-electron chi connectivity index (χ0n) is 15.3. The molecule has 148 valence electrons. The van der Waals surface area contributed by atoms with Crippen molar-refractivity contribution in [1.29, 1.82) is 0 Å². The van der Waals surface area contributed by atoms with Crippen molar-refractivity contribution in [2.75, 3.05) is 18.9 Å². The van der Waals surface area contributed by atoms with Crippen LogP contribution in [0.15, 0.2) is 48.5 Å². The summed E-state index contributed by atoms with van der Waals surface area (Å²) in [5.74, 6) is -0.434. The summed E-state index contributed by atoms with van der Waals surface area (Å²) in [6.07, 6.45) is 1.97. The van der Waals surface area contributed by atoms with E-state index in [9.17, 15) is 18.4 Å². The molecule has 2 aromatic carbocycles. The van der Waals surface area contributed by atoms with E-state index in [4.69, 9.17) is 0 Å². The van der Waals surface area contributed by atoms with Crippen LogP contribution in [0.4, 0.5) is 20.2 Å². The third-order valence-electron chi connectivity index (χ3n) is 4.19. The summed E-state index contributed by atoms with van der Waals surface area (Å²) in [6, 6.07) is 13.1. The number of likely N-dealkylation sites (N-methyl/N-ethyl adjacent to an activating group) is 1. The Morgan fingerprint density at radius 3 is 2.46 bits per heavy atom. The average Bonchev–Trinajstić information content (AvgIpc) is 3.46. The van der Waals surface area contributed by atoms with Crippen LogP contribution in [0, 0.1) is 0 Å². The monoisotopic (exact) mass is 389 g/mol. The van der Waals surface area contributed by atoms with Crippen LogP contribution in [0.5, 0.6) is 5.75 Å². The van der Waals surface area contributed by atoms with Gasteiger partial charge in [-0.05, 0) is 49.2 Å². The van der Waals surface area contributed by atoms with E-state index < -0.39 is 6.61 Å². The normalized spacial score (nSPS) is 13.1. The van der Waals surface area contributed by atoms with Crippen molar-refractivity contribution in [2.45, 2.75) is 25.5 Å². The molecule has 0 saturated heterocycles. The van der Waals surface area contributed by atoms with Gasteiger partial charge >= 0.3 is 6.61 Å². The van der Waals surface area contributed by atoms with Gasteiger partial charge in [0.25, 0.3) is 5.91 Å². The Bertz CT molecular complexity index is 839. The van der Waals surface area contributed by atoms with Gasteiger partial charge in [0.1, 0.15) is 5.75 Å². The van der Waals surface area contributed by atoms with Crippen molar-refractivity contribution >= 4 is 23.2 Å². The van der Waals surface area contributed by atoms with E-state index in [0.29, 0.717) is 16.9 Å². The molecule has 0 unspecified atom stereocenters. The second-order valence-corrected chi connectivity index (χ2v) is 6.58. The lowest BCUT2D eigenvalue weighted by Crippen LogP contribution is -2.39. The third-order valence-corrected chi connectivity index (χ3v) is 4.19. The summed E-state index contributed by atoms with van der Waals surface area (Å²) < 4.78 is 28.8. The summed E-state index contributed by atoms with van der Waals surface area (Å²) in [7, 11) is 1.57. The van der Waals surface area contributed by atoms with Crippen molar-refractivity contribution in [1.82, 2.24) is 10.2 Å². The maximum atomic E-state index is 12.8. The minimum atomic E-state index is -2.88. The van der Waals surface area contributed by atoms with Crippen LogP contribution < -0.4 is 15.4 Å². The molecule has 0 spiro atoms. The molecule has 6 nitrogen and oxygen atoms in total. The van der Waals surface area contributed by atoms with Gasteiger partial charge in [0.05, 0.1) is 17.8 Å². The first kappa shape index (κ1) is 19.6. The van der Waals surface area contributed by atoms with Gasteiger partial charge in [0.2, 0.25) is 5.91 Å². The fourth-order valence-corrected chi connectivity index (χ4v) is 2.65. The number of carbonyl (C=O) groups excluding carboxylic acids is 2. The number of anilines is 2. The molecule has 2 aromatic rings. The molecule has 8 heteroatoms. The summed E-state index contributed by atoms with van der Waals surface area (Å²) in [5, 5.41) is 5.94. The second kappa shape index (κ2) is 8.69. The lowest BCUT2D eigenvalue weighted by atomic mass is 10.1. The van der Waals surface area contributed by atoms with Crippen LogP contribution in [0.25, 0.3) is 0 Å². The number of para-hydroxylation sites is 1. The summed E-state index contributed by atoms with van der Waals surface area (Å²) in [4.78, 5) is 26.1. The fourth-order valence-electron chi connectivity index (χ4n) is 2.65. The van der Waals surface area contributed by atoms with E-state index >= 15 is 0 Å². The molecule has 1 fully saturated rings. The number of hydrogen-bond donors (Lipinski definition) is 2. The molecule has 2 N–H and O–H groups in total. The largest absolute Gasteiger partial charge is 0.435 e. The summed E-state index contributed by atoms with van der Waals surface area (Å²) in [5.41, 5.74) is 1.55. The Morgan fingerprint density at radius 2 is 1.82 bits per heavy atom. The topological polar surface area (TPSA) is 70.7 Å². The molecule has 0 bridgehead atoms. The molecular formula is C20H21F2N3O3. The molecule has 0 radical (unpaired) electrons. The maximum Gasteiger partial charge on any atom is 0.387 e. The zero-order valence-corrected chi connectivity index (χ0v) is 15.3. The summed E-state index contributed by atoms with van der Waals surface area (Å²) >= 11 is 0. The van der Waals surface area contributed by atoms with Crippen molar-refractivity contribution in [2.24, 2.45) is 0 Å². The predicted molar refractivity (Wildman–Crippen MR) is 101 cm³/mol. The number of amides is 2. The highest BCUT2D eigenvalue weighted by molar-refractivity contribution is 6.01. The van der Waals surface area contributed by atoms with Gasteiger partial charge in [-0.2, -0.15) is 8.78 Å². The lowest BCUT2D eigenvalue weighted by molar-refractivity contribution is -0.121. The van der Waals surface area contributed by atoms with Gasteiger partial charge in [0.15, 0.2) is 0 Å². The molecule has 0 aromatic heterocycles. The van der Waals surface area contributed by atoms with Crippen molar-refractivity contribution in [3.63, 3.8) is 0 Å². The first-order chi connectivity index (χ1) is 13.4. The molecule has 0 aliphatic heterocycles. The van der Waals surface area contributed by atoms with Gasteiger partial charge in [-0.3, -0.25) is 9.59 Å². The fraction of sp³-hybridized carbons (Fsp3) is 0.300. The molecule has 1 aliphatic carbocycles. The molecule has 28 heavy (non-hydrogen) atoms. The number of ether oxygens (including phenoxy) is 1. The number of nitrogens with one attached hydrogen (secondary N) is 2. The van der Waals surface area contributed by atoms with Crippen LogP contribution >= 0.6 is 0 Å². The van der Waals surface area contributed by atoms with Crippen molar-refractivity contribution in [3.05, 3.63) is 54.1 Å². The minimum Gasteiger partial charge on any atom is -0.435 e. The molecule has 1 aliphatic rings. The molecule has 1 saturated carbocycles. The summed E-state index contributed by atoms with van der Waals surface area (Å²) in [6.45, 7) is -2.91. The Morgan fingerprint density at radius 1 is 1.14 bits per heavy atom. The number of nitrogens with zero attached hydrogens (tertiary/aromatic N) is 1. The Kier molecular flexibility index (Phi) is 6.08. The molecule has 2 amide bonds. The Hall–Kier alpha value is -3.16. The molecule has 3 rings (SSSR count). The first-order valence-electron chi connectivity index (χ1n) is 8.88. The van der Waals surface area contributed by atoms with Crippen LogP contribution in [-0.2, 0) is 4.79 Å². The van der Waals surface area contributed by atoms with Gasteiger partial charge in [-0.15, -0.1) is 0 Å². The van der Waals surface area contributed by atoms with Crippen molar-refractivity contribution < 1.29 is 23.1 Å². The van der Waals surface area contributed by atoms with E-state index in [2.05, 4.69) is 15.4 Å². The quantitative estimate of drug-likeness (QED) is 0.726. The smallest absolute Gasteiger partial charge is 0.387 e. The predicted octanol–water partition coefficient (Wildman–Crippen LogP) is 3.38. The van der Waals surface area contributed by atoms with Crippen LogP contribution in [0.2, 0.25) is 0 Å². The highest BCUT2D eigenvalue weighted by Gasteiger charge is 2.25. The van der Waals surface area contributed by atoms with Gasteiger partial charge in [-0.1, -0.05) is 12.1 Å². The van der Waals surface area contributed by atoms with Gasteiger partial charge in [0, 0.05) is 18.8 Å². The maximum absolute atomic E-state index is 12.8. The molecule has 0 heterocycles. The standard InChI is InChI=1S/C20H21F2N3O3/c1-25(12-18(26)24-14-6-7-14)19(27)16-4-2-3-5-17(16)23-13-8-10-15(11-9-13)28-20(21)22/h2-5,8-11,14,20,23H,6-7,12H2,1H3,(H,24,26). The first-order valence-corrected chi connectivity index (χ1v) is 8.88. The van der Waals surface area contributed by atoms with Gasteiger partial charge in [-0.25, -0.2) is 0 Å². The minimum absolute atomic E-state index is 0.0245. The Labute approximate surface area is 161 Å². The zero-order chi connectivity index (χ0) is 20.1. The number of hydrogen-bond acceptors (Lipinski definition) is 4. The van der Waals surface area contributed by atoms with E-state index in [1.807, 2.05) is 0 Å². The third kappa shape index (κ3) is 5.42.